The Kier molecular flexibility index (Phi) is 4.10. The smallest absolute Gasteiger partial charge is 0.275 e. The molecule has 3 heteroatoms. The van der Waals surface area contributed by atoms with Crippen LogP contribution in [0.5, 0.6) is 0 Å². The molecule has 2 aromatic rings. The third-order valence-electron chi connectivity index (χ3n) is 4.07. The first-order chi connectivity index (χ1) is 11.3. The summed E-state index contributed by atoms with van der Waals surface area (Å²) in [5.74, 6) is 0.452. The number of benzene rings is 2. The minimum absolute atomic E-state index is 0.118. The Hall–Kier alpha value is -2.68. The van der Waals surface area contributed by atoms with Gasteiger partial charge in [-0.3, -0.25) is 4.79 Å². The van der Waals surface area contributed by atoms with E-state index >= 15 is 0 Å². The van der Waals surface area contributed by atoms with Crippen molar-refractivity contribution < 1.29 is 4.79 Å². The predicted octanol–water partition coefficient (Wildman–Crippen LogP) is 4.21. The number of hydrogen-bond acceptors (Lipinski definition) is 2. The number of aliphatic imine (C=N–C) groups is 1. The van der Waals surface area contributed by atoms with Gasteiger partial charge in [-0.05, 0) is 35.6 Å². The molecule has 0 fully saturated rings. The molecule has 0 saturated heterocycles. The average molecular weight is 318 g/mol. The molecular formula is C21H22N2O. The molecule has 1 aliphatic rings. The number of hydrogen-bond donors (Lipinski definition) is 1. The van der Waals surface area contributed by atoms with Crippen molar-refractivity contribution in [3.8, 4) is 0 Å². The lowest BCUT2D eigenvalue weighted by atomic mass is 9.87. The second-order valence-corrected chi connectivity index (χ2v) is 7.19. The standard InChI is InChI=1S/C21H22N2O/c1-14-6-5-7-16(12-14)19-22-18(20(24)23-19)13-15-8-10-17(11-9-15)21(2,3)4/h5-13H,1-4H3,(H,22,23,24)/b18-13+. The summed E-state index contributed by atoms with van der Waals surface area (Å²) in [6.07, 6.45) is 1.82. The lowest BCUT2D eigenvalue weighted by Crippen LogP contribution is -2.24. The highest BCUT2D eigenvalue weighted by Gasteiger charge is 2.21. The molecule has 24 heavy (non-hydrogen) atoms. The number of aryl methyl sites for hydroxylation is 1. The van der Waals surface area contributed by atoms with Gasteiger partial charge in [0, 0.05) is 5.56 Å². The molecule has 2 aromatic carbocycles. The van der Waals surface area contributed by atoms with E-state index < -0.39 is 0 Å². The summed E-state index contributed by atoms with van der Waals surface area (Å²) in [5, 5.41) is 2.85. The topological polar surface area (TPSA) is 41.5 Å². The highest BCUT2D eigenvalue weighted by Crippen LogP contribution is 2.23. The third-order valence-corrected chi connectivity index (χ3v) is 4.07. The number of carbonyl (C=O) groups is 1. The molecule has 0 aromatic heterocycles. The molecule has 3 rings (SSSR count). The normalized spacial score (nSPS) is 16.2. The number of amidine groups is 1. The van der Waals surface area contributed by atoms with E-state index in [0.717, 1.165) is 16.7 Å². The second-order valence-electron chi connectivity index (χ2n) is 7.19. The summed E-state index contributed by atoms with van der Waals surface area (Å²) in [7, 11) is 0. The van der Waals surface area contributed by atoms with Gasteiger partial charge in [0.15, 0.2) is 0 Å². The number of nitrogens with zero attached hydrogens (tertiary/aromatic N) is 1. The molecular weight excluding hydrogens is 296 g/mol. The van der Waals surface area contributed by atoms with Crippen molar-refractivity contribution in [2.24, 2.45) is 4.99 Å². The molecule has 1 aliphatic heterocycles. The van der Waals surface area contributed by atoms with Gasteiger partial charge in [0.05, 0.1) is 0 Å². The van der Waals surface area contributed by atoms with E-state index in [0.29, 0.717) is 11.5 Å². The Bertz CT molecular complexity index is 837. The molecule has 0 radical (unpaired) electrons. The van der Waals surface area contributed by atoms with Crippen LogP contribution in [-0.2, 0) is 10.2 Å². The minimum atomic E-state index is -0.161. The third kappa shape index (κ3) is 3.46. The van der Waals surface area contributed by atoms with E-state index in [1.807, 2.05) is 49.4 Å². The van der Waals surface area contributed by atoms with Gasteiger partial charge in [0.25, 0.3) is 5.91 Å². The zero-order valence-corrected chi connectivity index (χ0v) is 14.6. The van der Waals surface area contributed by atoms with Gasteiger partial charge < -0.3 is 5.32 Å². The van der Waals surface area contributed by atoms with E-state index in [4.69, 9.17) is 0 Å². The number of amides is 1. The van der Waals surface area contributed by atoms with E-state index in [2.05, 4.69) is 43.2 Å². The van der Waals surface area contributed by atoms with Crippen LogP contribution in [0.2, 0.25) is 0 Å². The van der Waals surface area contributed by atoms with Gasteiger partial charge in [-0.1, -0.05) is 68.8 Å². The fourth-order valence-electron chi connectivity index (χ4n) is 2.63. The maximum atomic E-state index is 12.2. The van der Waals surface area contributed by atoms with Crippen molar-refractivity contribution >= 4 is 17.8 Å². The Labute approximate surface area is 143 Å². The van der Waals surface area contributed by atoms with Crippen LogP contribution in [0.3, 0.4) is 0 Å². The Morgan fingerprint density at radius 3 is 2.38 bits per heavy atom. The maximum absolute atomic E-state index is 12.2. The van der Waals surface area contributed by atoms with Crippen LogP contribution in [0.25, 0.3) is 6.08 Å². The summed E-state index contributed by atoms with van der Waals surface area (Å²) in [4.78, 5) is 16.6. The van der Waals surface area contributed by atoms with Crippen molar-refractivity contribution in [3.63, 3.8) is 0 Å². The van der Waals surface area contributed by atoms with E-state index in [1.54, 1.807) is 0 Å². The summed E-state index contributed by atoms with van der Waals surface area (Å²) >= 11 is 0. The van der Waals surface area contributed by atoms with Gasteiger partial charge in [-0.2, -0.15) is 0 Å². The Balaban J connectivity index is 1.88. The summed E-state index contributed by atoms with van der Waals surface area (Å²) in [6.45, 7) is 8.57. The molecule has 0 atom stereocenters. The zero-order valence-electron chi connectivity index (χ0n) is 14.6. The average Bonchev–Trinajstić information content (AvgIpc) is 2.88. The van der Waals surface area contributed by atoms with E-state index in [1.165, 1.54) is 5.56 Å². The van der Waals surface area contributed by atoms with Crippen LogP contribution in [0.15, 0.2) is 59.2 Å². The highest BCUT2D eigenvalue weighted by atomic mass is 16.2. The summed E-state index contributed by atoms with van der Waals surface area (Å²) < 4.78 is 0. The monoisotopic (exact) mass is 318 g/mol. The minimum Gasteiger partial charge on any atom is -0.305 e. The number of carbonyl (C=O) groups excluding carboxylic acids is 1. The van der Waals surface area contributed by atoms with Gasteiger partial charge in [0.2, 0.25) is 0 Å². The van der Waals surface area contributed by atoms with Crippen molar-refractivity contribution in [1.82, 2.24) is 5.32 Å². The zero-order chi connectivity index (χ0) is 17.3. The highest BCUT2D eigenvalue weighted by molar-refractivity contribution is 6.19. The van der Waals surface area contributed by atoms with Crippen LogP contribution in [-0.4, -0.2) is 11.7 Å². The summed E-state index contributed by atoms with van der Waals surface area (Å²) in [5.41, 5.74) is 4.86. The molecule has 0 unspecified atom stereocenters. The van der Waals surface area contributed by atoms with Crippen LogP contribution in [0, 0.1) is 6.92 Å². The molecule has 122 valence electrons. The molecule has 0 saturated carbocycles. The van der Waals surface area contributed by atoms with Crippen molar-refractivity contribution in [2.45, 2.75) is 33.1 Å². The fourth-order valence-corrected chi connectivity index (χ4v) is 2.63. The van der Waals surface area contributed by atoms with Crippen LogP contribution < -0.4 is 5.32 Å². The van der Waals surface area contributed by atoms with Crippen molar-refractivity contribution in [3.05, 3.63) is 76.5 Å². The van der Waals surface area contributed by atoms with Gasteiger partial charge >= 0.3 is 0 Å². The van der Waals surface area contributed by atoms with Crippen LogP contribution in [0.1, 0.15) is 43.0 Å². The SMILES string of the molecule is Cc1cccc(C2=N/C(=C/c3ccc(C(C)(C)C)cc3)C(=O)N2)c1. The van der Waals surface area contributed by atoms with Crippen molar-refractivity contribution in [1.29, 1.82) is 0 Å². The predicted molar refractivity (Wildman–Crippen MR) is 99.0 cm³/mol. The summed E-state index contributed by atoms with van der Waals surface area (Å²) in [6, 6.07) is 16.2. The first kappa shape index (κ1) is 16.2. The van der Waals surface area contributed by atoms with Gasteiger partial charge in [-0.25, -0.2) is 4.99 Å². The number of nitrogens with one attached hydrogen (secondary N) is 1. The first-order valence-corrected chi connectivity index (χ1v) is 8.12. The molecule has 1 N–H and O–H groups in total. The quantitative estimate of drug-likeness (QED) is 0.828. The second kappa shape index (κ2) is 6.08. The lowest BCUT2D eigenvalue weighted by molar-refractivity contribution is -0.115. The van der Waals surface area contributed by atoms with Crippen LogP contribution >= 0.6 is 0 Å². The lowest BCUT2D eigenvalue weighted by Gasteiger charge is -2.18. The largest absolute Gasteiger partial charge is 0.305 e. The van der Waals surface area contributed by atoms with Crippen molar-refractivity contribution in [2.75, 3.05) is 0 Å². The van der Waals surface area contributed by atoms with Gasteiger partial charge in [0.1, 0.15) is 11.5 Å². The molecule has 1 heterocycles. The molecule has 0 spiro atoms. The van der Waals surface area contributed by atoms with Crippen LogP contribution in [0.4, 0.5) is 0 Å². The molecule has 3 nitrogen and oxygen atoms in total. The van der Waals surface area contributed by atoms with Gasteiger partial charge in [-0.15, -0.1) is 0 Å². The number of rotatable bonds is 2. The molecule has 1 amide bonds. The maximum Gasteiger partial charge on any atom is 0.275 e. The van der Waals surface area contributed by atoms with E-state index in [9.17, 15) is 4.79 Å². The first-order valence-electron chi connectivity index (χ1n) is 8.12. The molecule has 0 aliphatic carbocycles. The Morgan fingerprint density at radius 1 is 1.04 bits per heavy atom. The van der Waals surface area contributed by atoms with E-state index in [-0.39, 0.29) is 11.3 Å². The molecule has 0 bridgehead atoms. The fraction of sp³-hybridized carbons (Fsp3) is 0.238. The Morgan fingerprint density at radius 2 is 1.75 bits per heavy atom.